The van der Waals surface area contributed by atoms with Crippen molar-refractivity contribution in [2.24, 2.45) is 5.92 Å². The Balaban J connectivity index is 1.81. The second-order valence-corrected chi connectivity index (χ2v) is 18.5. The maximum absolute atomic E-state index is 10.8. The molecule has 0 aliphatic carbocycles. The van der Waals surface area contributed by atoms with Crippen LogP contribution in [0.15, 0.2) is 93.3 Å². The van der Waals surface area contributed by atoms with Crippen LogP contribution >= 0.6 is 159 Å². The standard InChI is InChI=1S/C31H22Br10O4/c1-31(14-2-4-18(42)5-3-14,23-24(38)26(40)28(43)27(41)25(23)39)15(6-8-44-29-19(34)10-16(32)11-20(29)35)7-9-45-30-21(36)12-17(33)13-22(30)37/h2-5,10-13,15,42-43H,6-9H2,1H3. The average Bonchev–Trinajstić information content (AvgIpc) is 2.96. The quantitative estimate of drug-likeness (QED) is 0.147. The fraction of sp³-hybridized carbons (Fsp3) is 0.226. The molecule has 14 heteroatoms. The molecule has 0 aliphatic rings. The van der Waals surface area contributed by atoms with Crippen molar-refractivity contribution < 1.29 is 19.7 Å². The molecule has 0 aliphatic heterocycles. The Bertz CT molecular complexity index is 1580. The first-order valence-electron chi connectivity index (χ1n) is 13.1. The number of aromatic hydroxyl groups is 2. The molecule has 0 bridgehead atoms. The van der Waals surface area contributed by atoms with Crippen molar-refractivity contribution in [3.05, 3.63) is 104 Å². The highest BCUT2D eigenvalue weighted by molar-refractivity contribution is 9.14. The highest BCUT2D eigenvalue weighted by atomic mass is 79.9. The van der Waals surface area contributed by atoms with Crippen molar-refractivity contribution in [1.29, 1.82) is 0 Å². The Hall–Kier alpha value is 0.880. The number of hydrogen-bond acceptors (Lipinski definition) is 4. The van der Waals surface area contributed by atoms with Gasteiger partial charge in [-0.05, 0) is 194 Å². The van der Waals surface area contributed by atoms with Crippen LogP contribution in [-0.2, 0) is 5.41 Å². The van der Waals surface area contributed by atoms with Gasteiger partial charge in [0.1, 0.15) is 23.0 Å². The minimum Gasteiger partial charge on any atom is -0.508 e. The first-order valence-corrected chi connectivity index (χ1v) is 21.0. The summed E-state index contributed by atoms with van der Waals surface area (Å²) < 4.78 is 20.4. The first kappa shape index (κ1) is 38.7. The molecular formula is C31H22Br10O4. The van der Waals surface area contributed by atoms with E-state index in [0.29, 0.717) is 55.4 Å². The van der Waals surface area contributed by atoms with Gasteiger partial charge in [0.05, 0.1) is 40.1 Å². The number of benzene rings is 4. The molecule has 0 saturated carbocycles. The predicted molar refractivity (Wildman–Crippen MR) is 216 cm³/mol. The maximum atomic E-state index is 10.8. The van der Waals surface area contributed by atoms with Crippen LogP contribution in [0.3, 0.4) is 0 Å². The summed E-state index contributed by atoms with van der Waals surface area (Å²) in [6.45, 7) is 2.97. The summed E-state index contributed by atoms with van der Waals surface area (Å²) in [5.41, 5.74) is 1.19. The minimum atomic E-state index is -0.681. The Labute approximate surface area is 346 Å². The number of hydrogen-bond donors (Lipinski definition) is 2. The van der Waals surface area contributed by atoms with Gasteiger partial charge in [-0.15, -0.1) is 0 Å². The first-order chi connectivity index (χ1) is 21.2. The molecule has 4 rings (SSSR count). The average molecular weight is 1260 g/mol. The largest absolute Gasteiger partial charge is 0.508 e. The van der Waals surface area contributed by atoms with Crippen molar-refractivity contribution in [2.45, 2.75) is 25.2 Å². The van der Waals surface area contributed by atoms with E-state index in [-0.39, 0.29) is 17.4 Å². The lowest BCUT2D eigenvalue weighted by atomic mass is 9.65. The number of halogens is 10. The maximum Gasteiger partial charge on any atom is 0.147 e. The van der Waals surface area contributed by atoms with Crippen molar-refractivity contribution >= 4 is 159 Å². The van der Waals surface area contributed by atoms with Gasteiger partial charge in [0.2, 0.25) is 0 Å². The van der Waals surface area contributed by atoms with Crippen LogP contribution in [0.1, 0.15) is 30.9 Å². The summed E-state index contributed by atoms with van der Waals surface area (Å²) in [7, 11) is 0. The number of phenols is 2. The zero-order valence-corrected chi connectivity index (χ0v) is 38.9. The van der Waals surface area contributed by atoms with Gasteiger partial charge < -0.3 is 19.7 Å². The summed E-state index contributed by atoms with van der Waals surface area (Å²) in [4.78, 5) is 0. The smallest absolute Gasteiger partial charge is 0.147 e. The van der Waals surface area contributed by atoms with E-state index < -0.39 is 5.41 Å². The number of phenolic OH excluding ortho intramolecular Hbond substituents is 2. The molecule has 0 spiro atoms. The van der Waals surface area contributed by atoms with E-state index in [1.807, 2.05) is 36.4 Å². The molecule has 1 unspecified atom stereocenters. The second-order valence-electron chi connectivity index (χ2n) is 10.1. The van der Waals surface area contributed by atoms with Gasteiger partial charge in [0.15, 0.2) is 0 Å². The fourth-order valence-corrected chi connectivity index (χ4v) is 13.0. The van der Waals surface area contributed by atoms with E-state index in [9.17, 15) is 10.2 Å². The Kier molecular flexibility index (Phi) is 14.4. The highest BCUT2D eigenvalue weighted by Crippen LogP contribution is 2.55. The van der Waals surface area contributed by atoms with Crippen LogP contribution in [0.2, 0.25) is 0 Å². The Morgan fingerprint density at radius 3 is 1.36 bits per heavy atom. The van der Waals surface area contributed by atoms with Crippen LogP contribution in [0, 0.1) is 5.92 Å². The van der Waals surface area contributed by atoms with Gasteiger partial charge in [-0.2, -0.15) is 0 Å². The van der Waals surface area contributed by atoms with Crippen LogP contribution in [0.25, 0.3) is 0 Å². The summed E-state index contributed by atoms with van der Waals surface area (Å²) in [5, 5.41) is 21.0. The van der Waals surface area contributed by atoms with E-state index in [0.717, 1.165) is 38.0 Å². The van der Waals surface area contributed by atoms with Crippen LogP contribution < -0.4 is 9.47 Å². The summed E-state index contributed by atoms with van der Waals surface area (Å²) in [5.74, 6) is 1.59. The Morgan fingerprint density at radius 1 is 0.600 bits per heavy atom. The third kappa shape index (κ3) is 8.79. The lowest BCUT2D eigenvalue weighted by Gasteiger charge is -2.41. The molecule has 0 radical (unpaired) electrons. The molecule has 1 atom stereocenters. The minimum absolute atomic E-state index is 0.0704. The van der Waals surface area contributed by atoms with E-state index >= 15 is 0 Å². The monoisotopic (exact) mass is 1250 g/mol. The molecule has 0 fully saturated rings. The van der Waals surface area contributed by atoms with Gasteiger partial charge in [-0.25, -0.2) is 0 Å². The van der Waals surface area contributed by atoms with E-state index in [1.165, 1.54) is 0 Å². The van der Waals surface area contributed by atoms with Crippen LogP contribution in [-0.4, -0.2) is 23.4 Å². The highest BCUT2D eigenvalue weighted by Gasteiger charge is 2.42. The summed E-state index contributed by atoms with van der Waals surface area (Å²) >= 11 is 36.3. The van der Waals surface area contributed by atoms with Crippen molar-refractivity contribution in [2.75, 3.05) is 13.2 Å². The molecule has 4 aromatic carbocycles. The van der Waals surface area contributed by atoms with Gasteiger partial charge in [-0.1, -0.05) is 50.9 Å². The Morgan fingerprint density at radius 2 is 0.978 bits per heavy atom. The topological polar surface area (TPSA) is 58.9 Å². The molecule has 2 N–H and O–H groups in total. The van der Waals surface area contributed by atoms with Gasteiger partial charge in [0.25, 0.3) is 0 Å². The molecule has 240 valence electrons. The fourth-order valence-electron chi connectivity index (χ4n) is 5.13. The van der Waals surface area contributed by atoms with Crippen molar-refractivity contribution in [3.63, 3.8) is 0 Å². The summed E-state index contributed by atoms with van der Waals surface area (Å²) in [6, 6.07) is 15.0. The van der Waals surface area contributed by atoms with E-state index in [2.05, 4.69) is 166 Å². The van der Waals surface area contributed by atoms with Gasteiger partial charge in [0, 0.05) is 23.3 Å². The molecule has 45 heavy (non-hydrogen) atoms. The predicted octanol–water partition coefficient (Wildman–Crippen LogP) is 14.6. The molecule has 0 heterocycles. The molecule has 0 saturated heterocycles. The zero-order valence-electron chi connectivity index (χ0n) is 23.0. The van der Waals surface area contributed by atoms with E-state index in [4.69, 9.17) is 9.47 Å². The molecule has 4 aromatic rings. The van der Waals surface area contributed by atoms with Crippen molar-refractivity contribution in [3.8, 4) is 23.0 Å². The van der Waals surface area contributed by atoms with Gasteiger partial charge >= 0.3 is 0 Å². The zero-order chi connectivity index (χ0) is 33.2. The van der Waals surface area contributed by atoms with Crippen LogP contribution in [0.5, 0.6) is 23.0 Å². The third-order valence-electron chi connectivity index (χ3n) is 7.39. The molecular weight excluding hydrogens is 1240 g/mol. The van der Waals surface area contributed by atoms with Crippen molar-refractivity contribution in [1.82, 2.24) is 0 Å². The number of rotatable bonds is 11. The SMILES string of the molecule is CC(c1ccc(O)cc1)(c1c(Br)c(Br)c(O)c(Br)c1Br)C(CCOc1c(Br)cc(Br)cc1Br)CCOc1c(Br)cc(Br)cc1Br. The van der Waals surface area contributed by atoms with Crippen LogP contribution in [0.4, 0.5) is 0 Å². The van der Waals surface area contributed by atoms with Gasteiger partial charge in [-0.3, -0.25) is 0 Å². The lowest BCUT2D eigenvalue weighted by Crippen LogP contribution is -2.36. The number of ether oxygens (including phenoxy) is 2. The second kappa shape index (κ2) is 16.7. The van der Waals surface area contributed by atoms with E-state index in [1.54, 1.807) is 12.1 Å². The molecule has 0 aromatic heterocycles. The normalized spacial score (nSPS) is 12.8. The molecule has 0 amide bonds. The third-order valence-corrected chi connectivity index (χ3v) is 14.9. The lowest BCUT2D eigenvalue weighted by molar-refractivity contribution is 0.191. The molecule has 4 nitrogen and oxygen atoms in total. The summed E-state index contributed by atoms with van der Waals surface area (Å²) in [6.07, 6.45) is 1.26.